The van der Waals surface area contributed by atoms with Crippen LogP contribution in [0.5, 0.6) is 0 Å². The molecule has 0 spiro atoms. The molecular weight excluding hydrogens is 266 g/mol. The molecule has 0 saturated carbocycles. The summed E-state index contributed by atoms with van der Waals surface area (Å²) in [5.74, 6) is -1.53. The van der Waals surface area contributed by atoms with Gasteiger partial charge in [-0.2, -0.15) is 12.6 Å². The van der Waals surface area contributed by atoms with E-state index in [1.54, 1.807) is 0 Å². The number of hydrogen-bond donors (Lipinski definition) is 5. The second-order valence-electron chi connectivity index (χ2n) is 3.47. The first-order chi connectivity index (χ1) is 7.52. The molecule has 8 heteroatoms. The molecular formula is C9H20ClN3O3S. The Morgan fingerprint density at radius 3 is 2.35 bits per heavy atom. The lowest BCUT2D eigenvalue weighted by molar-refractivity contribution is -0.141. The molecule has 0 aliphatic rings. The Morgan fingerprint density at radius 1 is 1.35 bits per heavy atom. The van der Waals surface area contributed by atoms with Crippen LogP contribution in [0.3, 0.4) is 0 Å². The van der Waals surface area contributed by atoms with Gasteiger partial charge < -0.3 is 21.9 Å². The van der Waals surface area contributed by atoms with Gasteiger partial charge in [-0.1, -0.05) is 6.42 Å². The number of hydrogen-bond acceptors (Lipinski definition) is 5. The van der Waals surface area contributed by atoms with Gasteiger partial charge >= 0.3 is 5.97 Å². The molecule has 0 radical (unpaired) electrons. The lowest BCUT2D eigenvalue weighted by atomic mass is 10.1. The molecule has 1 amide bonds. The minimum Gasteiger partial charge on any atom is -0.480 e. The summed E-state index contributed by atoms with van der Waals surface area (Å²) in [5.41, 5.74) is 10.9. The van der Waals surface area contributed by atoms with Crippen molar-refractivity contribution in [3.05, 3.63) is 0 Å². The molecule has 17 heavy (non-hydrogen) atoms. The molecule has 0 rings (SSSR count). The van der Waals surface area contributed by atoms with Gasteiger partial charge in [0.15, 0.2) is 0 Å². The van der Waals surface area contributed by atoms with Gasteiger partial charge in [0, 0.05) is 5.75 Å². The fraction of sp³-hybridized carbons (Fsp3) is 0.778. The van der Waals surface area contributed by atoms with Crippen LogP contribution in [-0.4, -0.2) is 41.4 Å². The standard InChI is InChI=1S/C9H19N3O3S.ClH/c10-4-2-1-3-6(11)8(13)12-7(5-16)9(14)15;/h6-7,16H,1-5,10-11H2,(H,12,13)(H,14,15);1H/t6-,7-;/m0./s1. The molecule has 2 atom stereocenters. The average molecular weight is 286 g/mol. The number of carbonyl (C=O) groups is 2. The molecule has 0 heterocycles. The number of carbonyl (C=O) groups excluding carboxylic acids is 1. The molecule has 102 valence electrons. The number of halogens is 1. The maximum absolute atomic E-state index is 11.4. The number of carboxylic acids is 1. The summed E-state index contributed by atoms with van der Waals surface area (Å²) in [4.78, 5) is 22.1. The van der Waals surface area contributed by atoms with Crippen LogP contribution in [0.1, 0.15) is 19.3 Å². The minimum absolute atomic E-state index is 0. The second-order valence-corrected chi connectivity index (χ2v) is 3.84. The van der Waals surface area contributed by atoms with Crippen LogP contribution < -0.4 is 16.8 Å². The normalized spacial score (nSPS) is 13.4. The summed E-state index contributed by atoms with van der Waals surface area (Å²) in [5, 5.41) is 11.0. The first kappa shape index (κ1) is 18.9. The maximum atomic E-state index is 11.4. The Labute approximate surface area is 112 Å². The van der Waals surface area contributed by atoms with Gasteiger partial charge in [-0.05, 0) is 19.4 Å². The van der Waals surface area contributed by atoms with Crippen LogP contribution in [0.4, 0.5) is 0 Å². The fourth-order valence-corrected chi connectivity index (χ4v) is 1.35. The number of rotatable bonds is 8. The number of aliphatic carboxylic acids is 1. The van der Waals surface area contributed by atoms with Crippen molar-refractivity contribution in [1.29, 1.82) is 0 Å². The molecule has 6 nitrogen and oxygen atoms in total. The number of carboxylic acid groups (broad SMARTS) is 1. The molecule has 0 bridgehead atoms. The van der Waals surface area contributed by atoms with Crippen LogP contribution >= 0.6 is 25.0 Å². The highest BCUT2D eigenvalue weighted by Crippen LogP contribution is 1.99. The van der Waals surface area contributed by atoms with E-state index < -0.39 is 24.0 Å². The molecule has 0 fully saturated rings. The summed E-state index contributed by atoms with van der Waals surface area (Å²) in [7, 11) is 0. The highest BCUT2D eigenvalue weighted by molar-refractivity contribution is 7.80. The maximum Gasteiger partial charge on any atom is 0.327 e. The van der Waals surface area contributed by atoms with Gasteiger partial charge in [0.25, 0.3) is 0 Å². The number of thiol groups is 1. The van der Waals surface area contributed by atoms with Gasteiger partial charge in [0.1, 0.15) is 6.04 Å². The Balaban J connectivity index is 0. The Kier molecular flexibility index (Phi) is 11.8. The van der Waals surface area contributed by atoms with Crippen molar-refractivity contribution in [2.24, 2.45) is 11.5 Å². The fourth-order valence-electron chi connectivity index (χ4n) is 1.10. The van der Waals surface area contributed by atoms with Crippen LogP contribution in [0.25, 0.3) is 0 Å². The minimum atomic E-state index is -1.11. The van der Waals surface area contributed by atoms with Crippen molar-refractivity contribution >= 4 is 36.9 Å². The van der Waals surface area contributed by atoms with E-state index in [0.717, 1.165) is 12.8 Å². The zero-order valence-electron chi connectivity index (χ0n) is 9.46. The second kappa shape index (κ2) is 10.6. The van der Waals surface area contributed by atoms with E-state index in [1.165, 1.54) is 0 Å². The average Bonchev–Trinajstić information content (AvgIpc) is 2.25. The third kappa shape index (κ3) is 8.25. The summed E-state index contributed by atoms with van der Waals surface area (Å²) < 4.78 is 0. The largest absolute Gasteiger partial charge is 0.480 e. The summed E-state index contributed by atoms with van der Waals surface area (Å²) in [6.45, 7) is 0.558. The monoisotopic (exact) mass is 285 g/mol. The van der Waals surface area contributed by atoms with Crippen molar-refractivity contribution in [2.45, 2.75) is 31.3 Å². The highest BCUT2D eigenvalue weighted by atomic mass is 35.5. The zero-order valence-corrected chi connectivity index (χ0v) is 11.2. The van der Waals surface area contributed by atoms with Gasteiger partial charge in [-0.15, -0.1) is 12.4 Å². The van der Waals surface area contributed by atoms with Crippen molar-refractivity contribution < 1.29 is 14.7 Å². The van der Waals surface area contributed by atoms with Gasteiger partial charge in [-0.3, -0.25) is 4.79 Å². The summed E-state index contributed by atoms with van der Waals surface area (Å²) >= 11 is 3.83. The first-order valence-electron chi connectivity index (χ1n) is 5.12. The number of nitrogens with one attached hydrogen (secondary N) is 1. The smallest absolute Gasteiger partial charge is 0.327 e. The van der Waals surface area contributed by atoms with Crippen LogP contribution in [0.2, 0.25) is 0 Å². The Hall–Kier alpha value is -0.500. The van der Waals surface area contributed by atoms with Crippen molar-refractivity contribution in [3.8, 4) is 0 Å². The molecule has 0 aliphatic heterocycles. The molecule has 0 aromatic carbocycles. The van der Waals surface area contributed by atoms with Crippen molar-refractivity contribution in [1.82, 2.24) is 5.32 Å². The topological polar surface area (TPSA) is 118 Å². The zero-order chi connectivity index (χ0) is 12.6. The van der Waals surface area contributed by atoms with E-state index >= 15 is 0 Å². The highest BCUT2D eigenvalue weighted by Gasteiger charge is 2.21. The Morgan fingerprint density at radius 2 is 1.94 bits per heavy atom. The van der Waals surface area contributed by atoms with Crippen LogP contribution in [0.15, 0.2) is 0 Å². The van der Waals surface area contributed by atoms with Crippen molar-refractivity contribution in [2.75, 3.05) is 12.3 Å². The third-order valence-electron chi connectivity index (χ3n) is 2.10. The molecule has 0 aromatic heterocycles. The lowest BCUT2D eigenvalue weighted by Crippen LogP contribution is -2.49. The van der Waals surface area contributed by atoms with Gasteiger partial charge in [0.2, 0.25) is 5.91 Å². The predicted octanol–water partition coefficient (Wildman–Crippen LogP) is -0.636. The van der Waals surface area contributed by atoms with E-state index in [4.69, 9.17) is 16.6 Å². The predicted molar refractivity (Wildman–Crippen MR) is 71.5 cm³/mol. The first-order valence-corrected chi connectivity index (χ1v) is 5.75. The van der Waals surface area contributed by atoms with Crippen molar-refractivity contribution in [3.63, 3.8) is 0 Å². The van der Waals surface area contributed by atoms with E-state index in [-0.39, 0.29) is 18.2 Å². The molecule has 0 saturated heterocycles. The number of unbranched alkanes of at least 4 members (excludes halogenated alkanes) is 1. The van der Waals surface area contributed by atoms with E-state index in [9.17, 15) is 9.59 Å². The van der Waals surface area contributed by atoms with Crippen LogP contribution in [0, 0.1) is 0 Å². The summed E-state index contributed by atoms with van der Waals surface area (Å²) in [6.07, 6.45) is 2.06. The molecule has 0 aromatic rings. The number of nitrogens with two attached hydrogens (primary N) is 2. The lowest BCUT2D eigenvalue weighted by Gasteiger charge is -2.16. The quantitative estimate of drug-likeness (QED) is 0.300. The van der Waals surface area contributed by atoms with Crippen LogP contribution in [-0.2, 0) is 9.59 Å². The summed E-state index contributed by atoms with van der Waals surface area (Å²) in [6, 6.07) is -1.68. The number of amides is 1. The third-order valence-corrected chi connectivity index (χ3v) is 2.47. The molecule has 6 N–H and O–H groups in total. The SMILES string of the molecule is Cl.NCCCC[C@H](N)C(=O)N[C@@H](CS)C(=O)O. The van der Waals surface area contributed by atoms with E-state index in [1.807, 2.05) is 0 Å². The molecule has 0 aliphatic carbocycles. The molecule has 0 unspecified atom stereocenters. The Bertz CT molecular complexity index is 244. The van der Waals surface area contributed by atoms with Gasteiger partial charge in [0.05, 0.1) is 6.04 Å². The van der Waals surface area contributed by atoms with E-state index in [0.29, 0.717) is 13.0 Å². The van der Waals surface area contributed by atoms with E-state index in [2.05, 4.69) is 17.9 Å². The van der Waals surface area contributed by atoms with Gasteiger partial charge in [-0.25, -0.2) is 4.79 Å².